The lowest BCUT2D eigenvalue weighted by Gasteiger charge is -2.31. The van der Waals surface area contributed by atoms with E-state index in [9.17, 15) is 23.1 Å². The first-order valence-corrected chi connectivity index (χ1v) is 15.1. The van der Waals surface area contributed by atoms with Crippen LogP contribution in [0.3, 0.4) is 0 Å². The minimum atomic E-state index is -3.76. The standard InChI is InChI=1S/C29H35N3O7S/c1-38-23-10-8-21(9-11-23)26-25(28(34)29(35)32(26)15-14-30-16-18-39-19-17-30)27(33)22-6-5-7-24(20-22)40(36,37)31-12-3-2-4-13-31/h5-11,20,26,33H,2-4,12-19H2,1H3/b27-25+. The Kier molecular flexibility index (Phi) is 8.55. The number of piperidine rings is 1. The summed E-state index contributed by atoms with van der Waals surface area (Å²) in [6.07, 6.45) is 2.59. The van der Waals surface area contributed by atoms with Gasteiger partial charge >= 0.3 is 0 Å². The van der Waals surface area contributed by atoms with Crippen molar-refractivity contribution in [2.45, 2.75) is 30.2 Å². The number of sulfonamides is 1. The molecular weight excluding hydrogens is 534 g/mol. The molecule has 1 N–H and O–H groups in total. The van der Waals surface area contributed by atoms with Gasteiger partial charge in [0.05, 0.1) is 36.8 Å². The number of rotatable bonds is 8. The number of methoxy groups -OCH3 is 1. The zero-order chi connectivity index (χ0) is 28.3. The second kappa shape index (κ2) is 12.1. The molecule has 11 heteroatoms. The van der Waals surface area contributed by atoms with Gasteiger partial charge in [-0.05, 0) is 42.7 Å². The molecule has 3 heterocycles. The number of ketones is 1. The largest absolute Gasteiger partial charge is 0.507 e. The van der Waals surface area contributed by atoms with Gasteiger partial charge in [0.15, 0.2) is 0 Å². The van der Waals surface area contributed by atoms with Gasteiger partial charge in [0.25, 0.3) is 11.7 Å². The molecular formula is C29H35N3O7S. The molecule has 1 atom stereocenters. The van der Waals surface area contributed by atoms with E-state index in [1.807, 2.05) is 0 Å². The number of morpholine rings is 1. The zero-order valence-electron chi connectivity index (χ0n) is 22.6. The Bertz CT molecular complexity index is 1380. The predicted octanol–water partition coefficient (Wildman–Crippen LogP) is 2.62. The molecule has 0 saturated carbocycles. The van der Waals surface area contributed by atoms with Crippen LogP contribution in [-0.4, -0.2) is 98.9 Å². The number of likely N-dealkylation sites (tertiary alicyclic amines) is 1. The van der Waals surface area contributed by atoms with Crippen LogP contribution >= 0.6 is 0 Å². The lowest BCUT2D eigenvalue weighted by molar-refractivity contribution is -0.140. The van der Waals surface area contributed by atoms with Crippen LogP contribution < -0.4 is 4.74 Å². The van der Waals surface area contributed by atoms with Crippen molar-refractivity contribution < 1.29 is 32.6 Å². The van der Waals surface area contributed by atoms with Crippen LogP contribution in [0.5, 0.6) is 5.75 Å². The average Bonchev–Trinajstić information content (AvgIpc) is 3.25. The number of carbonyl (C=O) groups is 2. The van der Waals surface area contributed by atoms with Crippen molar-refractivity contribution in [2.75, 3.05) is 59.6 Å². The Labute approximate surface area is 234 Å². The molecule has 0 aliphatic carbocycles. The van der Waals surface area contributed by atoms with Gasteiger partial charge < -0.3 is 19.5 Å². The summed E-state index contributed by atoms with van der Waals surface area (Å²) in [5.74, 6) is -1.29. The van der Waals surface area contributed by atoms with Gasteiger partial charge in [-0.25, -0.2) is 8.42 Å². The van der Waals surface area contributed by atoms with Crippen molar-refractivity contribution in [1.29, 1.82) is 0 Å². The highest BCUT2D eigenvalue weighted by atomic mass is 32.2. The molecule has 10 nitrogen and oxygen atoms in total. The molecule has 1 unspecified atom stereocenters. The summed E-state index contributed by atoms with van der Waals surface area (Å²) in [5.41, 5.74) is 0.744. The maximum atomic E-state index is 13.4. The van der Waals surface area contributed by atoms with Gasteiger partial charge in [0, 0.05) is 44.8 Å². The molecule has 2 aromatic rings. The summed E-state index contributed by atoms with van der Waals surface area (Å²) in [6.45, 7) is 4.40. The Balaban J connectivity index is 1.53. The highest BCUT2D eigenvalue weighted by molar-refractivity contribution is 7.89. The number of ether oxygens (including phenoxy) is 2. The third kappa shape index (κ3) is 5.64. The summed E-state index contributed by atoms with van der Waals surface area (Å²) < 4.78 is 38.8. The quantitative estimate of drug-likeness (QED) is 0.293. The Morgan fingerprint density at radius 2 is 1.68 bits per heavy atom. The van der Waals surface area contributed by atoms with Crippen LogP contribution in [-0.2, 0) is 24.3 Å². The molecule has 3 aliphatic heterocycles. The molecule has 214 valence electrons. The van der Waals surface area contributed by atoms with Crippen LogP contribution in [0.2, 0.25) is 0 Å². The van der Waals surface area contributed by atoms with Crippen LogP contribution in [0.25, 0.3) is 5.76 Å². The van der Waals surface area contributed by atoms with Crippen molar-refractivity contribution >= 4 is 27.5 Å². The van der Waals surface area contributed by atoms with E-state index in [1.165, 1.54) is 21.3 Å². The molecule has 3 saturated heterocycles. The van der Waals surface area contributed by atoms with Crippen molar-refractivity contribution in [1.82, 2.24) is 14.1 Å². The van der Waals surface area contributed by atoms with E-state index >= 15 is 0 Å². The van der Waals surface area contributed by atoms with Crippen molar-refractivity contribution in [3.05, 3.63) is 65.2 Å². The van der Waals surface area contributed by atoms with Gasteiger partial charge in [-0.3, -0.25) is 14.5 Å². The van der Waals surface area contributed by atoms with E-state index in [1.54, 1.807) is 43.5 Å². The smallest absolute Gasteiger partial charge is 0.295 e. The molecule has 5 rings (SSSR count). The average molecular weight is 570 g/mol. The van der Waals surface area contributed by atoms with E-state index in [0.717, 1.165) is 32.4 Å². The number of hydrogen-bond donors (Lipinski definition) is 1. The number of amides is 1. The SMILES string of the molecule is COc1ccc(C2/C(=C(\O)c3cccc(S(=O)(=O)N4CCCCC4)c3)C(=O)C(=O)N2CCN2CCOCC2)cc1. The molecule has 2 aromatic carbocycles. The lowest BCUT2D eigenvalue weighted by atomic mass is 9.95. The third-order valence-electron chi connectivity index (χ3n) is 7.79. The molecule has 0 aromatic heterocycles. The first-order valence-electron chi connectivity index (χ1n) is 13.6. The maximum absolute atomic E-state index is 13.4. The molecule has 1 amide bonds. The van der Waals surface area contributed by atoms with Crippen LogP contribution in [0.4, 0.5) is 0 Å². The molecule has 0 radical (unpaired) electrons. The van der Waals surface area contributed by atoms with E-state index in [0.29, 0.717) is 44.2 Å². The van der Waals surface area contributed by atoms with Crippen molar-refractivity contribution in [3.63, 3.8) is 0 Å². The first kappa shape index (κ1) is 28.3. The summed E-state index contributed by atoms with van der Waals surface area (Å²) in [4.78, 5) is 30.4. The first-order chi connectivity index (χ1) is 19.3. The summed E-state index contributed by atoms with van der Waals surface area (Å²) in [6, 6.07) is 12.1. The van der Waals surface area contributed by atoms with Gasteiger partial charge in [-0.1, -0.05) is 30.7 Å². The lowest BCUT2D eigenvalue weighted by Crippen LogP contribution is -2.42. The summed E-state index contributed by atoms with van der Waals surface area (Å²) in [7, 11) is -2.21. The number of carbonyl (C=O) groups excluding carboxylic acids is 2. The fourth-order valence-corrected chi connectivity index (χ4v) is 7.09. The topological polar surface area (TPSA) is 117 Å². The number of benzene rings is 2. The van der Waals surface area contributed by atoms with Crippen LogP contribution in [0, 0.1) is 0 Å². The molecule has 0 spiro atoms. The fourth-order valence-electron chi connectivity index (χ4n) is 5.53. The number of aliphatic hydroxyl groups excluding tert-OH is 1. The van der Waals surface area contributed by atoms with Gasteiger partial charge in [-0.2, -0.15) is 4.31 Å². The van der Waals surface area contributed by atoms with Gasteiger partial charge in [0.2, 0.25) is 10.0 Å². The molecule has 40 heavy (non-hydrogen) atoms. The Morgan fingerprint density at radius 3 is 2.35 bits per heavy atom. The van der Waals surface area contributed by atoms with E-state index in [4.69, 9.17) is 9.47 Å². The van der Waals surface area contributed by atoms with Crippen molar-refractivity contribution in [2.24, 2.45) is 0 Å². The highest BCUT2D eigenvalue weighted by Crippen LogP contribution is 2.40. The van der Waals surface area contributed by atoms with Gasteiger partial charge in [0.1, 0.15) is 11.5 Å². The monoisotopic (exact) mass is 569 g/mol. The predicted molar refractivity (Wildman–Crippen MR) is 148 cm³/mol. The second-order valence-corrected chi connectivity index (χ2v) is 12.2. The van der Waals surface area contributed by atoms with Crippen LogP contribution in [0.1, 0.15) is 36.4 Å². The normalized spacial score (nSPS) is 22.5. The van der Waals surface area contributed by atoms with Crippen molar-refractivity contribution in [3.8, 4) is 5.75 Å². The maximum Gasteiger partial charge on any atom is 0.295 e. The Morgan fingerprint density at radius 1 is 0.975 bits per heavy atom. The minimum absolute atomic E-state index is 0.0426. The van der Waals surface area contributed by atoms with Gasteiger partial charge in [-0.15, -0.1) is 0 Å². The third-order valence-corrected chi connectivity index (χ3v) is 9.69. The molecule has 3 fully saturated rings. The fraction of sp³-hybridized carbons (Fsp3) is 0.448. The van der Waals surface area contributed by atoms with Crippen LogP contribution in [0.15, 0.2) is 59.0 Å². The second-order valence-electron chi connectivity index (χ2n) is 10.2. The van der Waals surface area contributed by atoms with E-state index < -0.39 is 33.5 Å². The number of hydrogen-bond acceptors (Lipinski definition) is 8. The minimum Gasteiger partial charge on any atom is -0.507 e. The van der Waals surface area contributed by atoms with E-state index in [-0.39, 0.29) is 22.6 Å². The summed E-state index contributed by atoms with van der Waals surface area (Å²) >= 11 is 0. The zero-order valence-corrected chi connectivity index (χ0v) is 23.4. The molecule has 3 aliphatic rings. The Hall–Kier alpha value is -3.25. The summed E-state index contributed by atoms with van der Waals surface area (Å²) in [5, 5.41) is 11.5. The molecule has 0 bridgehead atoms. The highest BCUT2D eigenvalue weighted by Gasteiger charge is 2.46. The van der Waals surface area contributed by atoms with E-state index in [2.05, 4.69) is 4.90 Å². The number of aliphatic hydroxyl groups is 1. The number of Topliss-reactive ketones (excluding diaryl/α,β-unsaturated/α-hetero) is 1. The number of nitrogens with zero attached hydrogens (tertiary/aromatic N) is 3.